The van der Waals surface area contributed by atoms with Gasteiger partial charge in [-0.25, -0.2) is 0 Å². The van der Waals surface area contributed by atoms with Crippen molar-refractivity contribution >= 4 is 28.4 Å². The standard InChI is InChI=1S/C21H20N4OS/c1-3-25-20(15-9-5-4-6-10-15)22-23-21(25)27-14-19(26)17-13-24(2)18-12-8-7-11-16(17)18/h4-13H,3,14H2,1-2H3. The molecule has 0 aliphatic rings. The van der Waals surface area contributed by atoms with Gasteiger partial charge in [0, 0.05) is 41.8 Å². The first-order valence-corrected chi connectivity index (χ1v) is 9.86. The molecule has 2 heterocycles. The zero-order valence-corrected chi connectivity index (χ0v) is 16.1. The van der Waals surface area contributed by atoms with E-state index in [9.17, 15) is 4.79 Å². The molecule has 27 heavy (non-hydrogen) atoms. The minimum absolute atomic E-state index is 0.101. The summed E-state index contributed by atoms with van der Waals surface area (Å²) in [5.41, 5.74) is 2.85. The zero-order chi connectivity index (χ0) is 18.8. The van der Waals surface area contributed by atoms with E-state index in [1.54, 1.807) is 0 Å². The Hall–Kier alpha value is -2.86. The smallest absolute Gasteiger partial charge is 0.191 e. The zero-order valence-electron chi connectivity index (χ0n) is 15.3. The van der Waals surface area contributed by atoms with E-state index in [-0.39, 0.29) is 5.78 Å². The van der Waals surface area contributed by atoms with Crippen LogP contribution in [0.15, 0.2) is 66.0 Å². The number of thioether (sulfide) groups is 1. The van der Waals surface area contributed by atoms with Crippen LogP contribution in [0, 0.1) is 0 Å². The molecule has 6 heteroatoms. The molecule has 0 unspecified atom stereocenters. The van der Waals surface area contributed by atoms with Gasteiger partial charge in [0.05, 0.1) is 5.75 Å². The van der Waals surface area contributed by atoms with Crippen molar-refractivity contribution in [3.8, 4) is 11.4 Å². The van der Waals surface area contributed by atoms with Crippen molar-refractivity contribution in [3.05, 3.63) is 66.4 Å². The minimum Gasteiger partial charge on any atom is -0.350 e. The number of hydrogen-bond donors (Lipinski definition) is 0. The monoisotopic (exact) mass is 376 g/mol. The Morgan fingerprint density at radius 3 is 2.56 bits per heavy atom. The molecular weight excluding hydrogens is 356 g/mol. The topological polar surface area (TPSA) is 52.7 Å². The Morgan fingerprint density at radius 1 is 1.04 bits per heavy atom. The molecule has 0 aliphatic carbocycles. The van der Waals surface area contributed by atoms with Gasteiger partial charge in [0.1, 0.15) is 0 Å². The summed E-state index contributed by atoms with van der Waals surface area (Å²) in [5.74, 6) is 1.27. The van der Waals surface area contributed by atoms with Gasteiger partial charge < -0.3 is 9.13 Å². The van der Waals surface area contributed by atoms with Crippen molar-refractivity contribution in [2.45, 2.75) is 18.6 Å². The lowest BCUT2D eigenvalue weighted by Gasteiger charge is -2.07. The second-order valence-corrected chi connectivity index (χ2v) is 7.24. The van der Waals surface area contributed by atoms with E-state index in [0.29, 0.717) is 5.75 Å². The van der Waals surface area contributed by atoms with Crippen LogP contribution >= 0.6 is 11.8 Å². The summed E-state index contributed by atoms with van der Waals surface area (Å²) in [7, 11) is 1.96. The third-order valence-electron chi connectivity index (χ3n) is 4.59. The summed E-state index contributed by atoms with van der Waals surface area (Å²) in [4.78, 5) is 12.8. The third kappa shape index (κ3) is 3.28. The van der Waals surface area contributed by atoms with Crippen LogP contribution in [0.4, 0.5) is 0 Å². The molecule has 4 rings (SSSR count). The summed E-state index contributed by atoms with van der Waals surface area (Å²) >= 11 is 1.44. The average molecular weight is 376 g/mol. The predicted molar refractivity (Wildman–Crippen MR) is 109 cm³/mol. The SMILES string of the molecule is CCn1c(SCC(=O)c2cn(C)c3ccccc23)nnc1-c1ccccc1. The van der Waals surface area contributed by atoms with E-state index >= 15 is 0 Å². The number of para-hydroxylation sites is 1. The molecule has 5 nitrogen and oxygen atoms in total. The fourth-order valence-electron chi connectivity index (χ4n) is 3.25. The summed E-state index contributed by atoms with van der Waals surface area (Å²) in [6.45, 7) is 2.81. The molecule has 4 aromatic rings. The highest BCUT2D eigenvalue weighted by Gasteiger charge is 2.17. The van der Waals surface area contributed by atoms with Gasteiger partial charge in [-0.2, -0.15) is 0 Å². The maximum absolute atomic E-state index is 12.8. The van der Waals surface area contributed by atoms with E-state index in [0.717, 1.165) is 39.6 Å². The van der Waals surface area contributed by atoms with Gasteiger partial charge in [-0.1, -0.05) is 60.3 Å². The number of rotatable bonds is 6. The number of hydrogen-bond acceptors (Lipinski definition) is 4. The normalized spacial score (nSPS) is 11.2. The highest BCUT2D eigenvalue weighted by molar-refractivity contribution is 7.99. The van der Waals surface area contributed by atoms with Gasteiger partial charge in [0.2, 0.25) is 0 Å². The minimum atomic E-state index is 0.101. The van der Waals surface area contributed by atoms with Crippen LogP contribution in [0.1, 0.15) is 17.3 Å². The van der Waals surface area contributed by atoms with Crippen LogP contribution in [0.5, 0.6) is 0 Å². The van der Waals surface area contributed by atoms with Crippen LogP contribution < -0.4 is 0 Å². The first kappa shape index (κ1) is 17.5. The number of carbonyl (C=O) groups excluding carboxylic acids is 1. The van der Waals surface area contributed by atoms with E-state index in [1.807, 2.05) is 72.4 Å². The van der Waals surface area contributed by atoms with Crippen LogP contribution in [-0.2, 0) is 13.6 Å². The largest absolute Gasteiger partial charge is 0.350 e. The predicted octanol–water partition coefficient (Wildman–Crippen LogP) is 4.43. The molecule has 0 fully saturated rings. The Morgan fingerprint density at radius 2 is 1.78 bits per heavy atom. The maximum Gasteiger partial charge on any atom is 0.191 e. The molecule has 0 aliphatic heterocycles. The van der Waals surface area contributed by atoms with Crippen LogP contribution in [-0.4, -0.2) is 30.9 Å². The lowest BCUT2D eigenvalue weighted by Crippen LogP contribution is -2.05. The average Bonchev–Trinajstić information content (AvgIpc) is 3.28. The number of nitrogens with zero attached hydrogens (tertiary/aromatic N) is 4. The third-order valence-corrected chi connectivity index (χ3v) is 5.56. The Labute approximate surface area is 162 Å². The number of carbonyl (C=O) groups is 1. The summed E-state index contributed by atoms with van der Waals surface area (Å²) in [6.07, 6.45) is 1.91. The van der Waals surface area contributed by atoms with Crippen LogP contribution in [0.2, 0.25) is 0 Å². The maximum atomic E-state index is 12.8. The van der Waals surface area contributed by atoms with Gasteiger partial charge in [0.25, 0.3) is 0 Å². The molecule has 2 aromatic carbocycles. The highest BCUT2D eigenvalue weighted by atomic mass is 32.2. The van der Waals surface area contributed by atoms with Crippen molar-refractivity contribution in [3.63, 3.8) is 0 Å². The van der Waals surface area contributed by atoms with Gasteiger partial charge in [-0.15, -0.1) is 10.2 Å². The Bertz CT molecular complexity index is 1100. The lowest BCUT2D eigenvalue weighted by molar-refractivity contribution is 0.102. The second kappa shape index (κ2) is 7.40. The molecule has 0 amide bonds. The number of Topliss-reactive ketones (excluding diaryl/α,β-unsaturated/α-hetero) is 1. The molecule has 0 radical (unpaired) electrons. The van der Waals surface area contributed by atoms with Crippen molar-refractivity contribution in [2.24, 2.45) is 7.05 Å². The van der Waals surface area contributed by atoms with Crippen LogP contribution in [0.25, 0.3) is 22.3 Å². The van der Waals surface area contributed by atoms with Crippen molar-refractivity contribution < 1.29 is 4.79 Å². The van der Waals surface area contributed by atoms with Gasteiger partial charge >= 0.3 is 0 Å². The summed E-state index contributed by atoms with van der Waals surface area (Å²) in [6, 6.07) is 18.0. The Balaban J connectivity index is 1.57. The van der Waals surface area contributed by atoms with Gasteiger partial charge in [-0.3, -0.25) is 4.79 Å². The summed E-state index contributed by atoms with van der Waals surface area (Å²) < 4.78 is 4.05. The van der Waals surface area contributed by atoms with Crippen molar-refractivity contribution in [1.82, 2.24) is 19.3 Å². The van der Waals surface area contributed by atoms with Crippen molar-refractivity contribution in [2.75, 3.05) is 5.75 Å². The van der Waals surface area contributed by atoms with Crippen molar-refractivity contribution in [1.29, 1.82) is 0 Å². The molecule has 0 spiro atoms. The number of ketones is 1. The quantitative estimate of drug-likeness (QED) is 0.369. The first-order valence-electron chi connectivity index (χ1n) is 8.87. The Kier molecular flexibility index (Phi) is 4.81. The molecule has 0 atom stereocenters. The number of aryl methyl sites for hydroxylation is 1. The molecule has 0 saturated heterocycles. The molecule has 0 N–H and O–H groups in total. The molecular formula is C21H20N4OS. The summed E-state index contributed by atoms with van der Waals surface area (Å²) in [5, 5.41) is 10.4. The van der Waals surface area contributed by atoms with Gasteiger partial charge in [0.15, 0.2) is 16.8 Å². The molecule has 0 saturated carbocycles. The fraction of sp³-hybridized carbons (Fsp3) is 0.190. The van der Waals surface area contributed by atoms with E-state index in [4.69, 9.17) is 0 Å². The van der Waals surface area contributed by atoms with E-state index in [1.165, 1.54) is 11.8 Å². The van der Waals surface area contributed by atoms with E-state index < -0.39 is 0 Å². The lowest BCUT2D eigenvalue weighted by atomic mass is 10.1. The molecule has 2 aromatic heterocycles. The molecule has 0 bridgehead atoms. The highest BCUT2D eigenvalue weighted by Crippen LogP contribution is 2.26. The fourth-order valence-corrected chi connectivity index (χ4v) is 4.14. The van der Waals surface area contributed by atoms with Gasteiger partial charge in [-0.05, 0) is 13.0 Å². The van der Waals surface area contributed by atoms with Crippen LogP contribution in [0.3, 0.4) is 0 Å². The van der Waals surface area contributed by atoms with E-state index in [2.05, 4.69) is 21.7 Å². The first-order chi connectivity index (χ1) is 13.2. The second-order valence-electron chi connectivity index (χ2n) is 6.30. The number of fused-ring (bicyclic) bond motifs is 1. The number of benzene rings is 2. The number of aromatic nitrogens is 4. The molecule has 136 valence electrons.